The van der Waals surface area contributed by atoms with Crippen molar-refractivity contribution in [3.05, 3.63) is 71.9 Å². The van der Waals surface area contributed by atoms with E-state index in [1.165, 1.54) is 19.3 Å². The van der Waals surface area contributed by atoms with Gasteiger partial charge >= 0.3 is 0 Å². The van der Waals surface area contributed by atoms with Crippen LogP contribution in [0.4, 0.5) is 0 Å². The molecule has 1 saturated heterocycles. The van der Waals surface area contributed by atoms with E-state index in [4.69, 9.17) is 0 Å². The largest absolute Gasteiger partial charge is 0.352 e. The fourth-order valence-corrected chi connectivity index (χ4v) is 5.48. The molecule has 32 heavy (non-hydrogen) atoms. The van der Waals surface area contributed by atoms with Gasteiger partial charge in [0.2, 0.25) is 11.8 Å². The topological polar surface area (TPSA) is 54.3 Å². The van der Waals surface area contributed by atoms with E-state index in [0.717, 1.165) is 34.9 Å². The van der Waals surface area contributed by atoms with Crippen LogP contribution in [0.5, 0.6) is 0 Å². The number of hydrogen-bond acceptors (Lipinski definition) is 2. The summed E-state index contributed by atoms with van der Waals surface area (Å²) in [4.78, 5) is 28.9. The molecule has 2 aliphatic rings. The van der Waals surface area contributed by atoms with Crippen LogP contribution in [0.15, 0.2) is 60.8 Å². The van der Waals surface area contributed by atoms with E-state index in [-0.39, 0.29) is 23.8 Å². The summed E-state index contributed by atoms with van der Waals surface area (Å²) in [6.07, 6.45) is 8.25. The van der Waals surface area contributed by atoms with Crippen molar-refractivity contribution in [3.8, 4) is 0 Å². The monoisotopic (exact) mass is 429 g/mol. The minimum Gasteiger partial charge on any atom is -0.352 e. The number of para-hydroxylation sites is 1. The van der Waals surface area contributed by atoms with E-state index in [1.807, 2.05) is 49.5 Å². The van der Waals surface area contributed by atoms with Crippen LogP contribution in [0.1, 0.15) is 55.6 Å². The van der Waals surface area contributed by atoms with Crippen molar-refractivity contribution in [2.75, 3.05) is 0 Å². The smallest absolute Gasteiger partial charge is 0.243 e. The van der Waals surface area contributed by atoms with Gasteiger partial charge in [0.15, 0.2) is 0 Å². The predicted octanol–water partition coefficient (Wildman–Crippen LogP) is 4.51. The van der Waals surface area contributed by atoms with E-state index < -0.39 is 6.04 Å². The molecule has 1 aliphatic carbocycles. The van der Waals surface area contributed by atoms with Crippen molar-refractivity contribution < 1.29 is 9.59 Å². The second-order valence-electron chi connectivity index (χ2n) is 9.31. The highest BCUT2D eigenvalue weighted by Crippen LogP contribution is 2.38. The van der Waals surface area contributed by atoms with Gasteiger partial charge in [0.05, 0.1) is 5.92 Å². The third-order valence-corrected chi connectivity index (χ3v) is 7.17. The van der Waals surface area contributed by atoms with Gasteiger partial charge in [-0.3, -0.25) is 9.59 Å². The van der Waals surface area contributed by atoms with Gasteiger partial charge < -0.3 is 14.8 Å². The number of nitrogens with zero attached hydrogens (tertiary/aromatic N) is 2. The van der Waals surface area contributed by atoms with Crippen LogP contribution in [0.25, 0.3) is 10.9 Å². The predicted molar refractivity (Wildman–Crippen MR) is 126 cm³/mol. The van der Waals surface area contributed by atoms with Gasteiger partial charge in [0.1, 0.15) is 6.04 Å². The van der Waals surface area contributed by atoms with Crippen molar-refractivity contribution in [1.82, 2.24) is 14.8 Å². The van der Waals surface area contributed by atoms with Gasteiger partial charge in [-0.25, -0.2) is 0 Å². The lowest BCUT2D eigenvalue weighted by atomic mass is 9.93. The Morgan fingerprint density at radius 1 is 1.00 bits per heavy atom. The highest BCUT2D eigenvalue weighted by atomic mass is 16.2. The molecule has 5 rings (SSSR count). The van der Waals surface area contributed by atoms with Crippen molar-refractivity contribution in [2.45, 2.75) is 63.1 Å². The lowest BCUT2D eigenvalue weighted by Crippen LogP contribution is -2.48. The van der Waals surface area contributed by atoms with Gasteiger partial charge in [-0.15, -0.1) is 0 Å². The third kappa shape index (κ3) is 3.92. The first kappa shape index (κ1) is 20.8. The molecule has 1 aliphatic heterocycles. The summed E-state index contributed by atoms with van der Waals surface area (Å²) in [6, 6.07) is 18.0. The minimum absolute atomic E-state index is 0.00363. The number of fused-ring (bicyclic) bond motifs is 1. The Bertz CT molecular complexity index is 1110. The normalized spacial score (nSPS) is 21.9. The molecule has 2 aromatic carbocycles. The Labute approximate surface area is 189 Å². The molecule has 3 aromatic rings. The molecule has 2 atom stereocenters. The first-order valence-corrected chi connectivity index (χ1v) is 11.8. The lowest BCUT2D eigenvalue weighted by molar-refractivity contribution is -0.136. The molecule has 1 saturated carbocycles. The number of aryl methyl sites for hydroxylation is 1. The van der Waals surface area contributed by atoms with E-state index in [1.54, 1.807) is 4.90 Å². The van der Waals surface area contributed by atoms with E-state index in [9.17, 15) is 9.59 Å². The zero-order valence-corrected chi connectivity index (χ0v) is 18.7. The number of amides is 2. The summed E-state index contributed by atoms with van der Waals surface area (Å²) in [6.45, 7) is 0.462. The summed E-state index contributed by atoms with van der Waals surface area (Å²) in [7, 11) is 2.01. The molecular weight excluding hydrogens is 398 g/mol. The van der Waals surface area contributed by atoms with Crippen LogP contribution in [-0.2, 0) is 23.2 Å². The first-order valence-electron chi connectivity index (χ1n) is 11.8. The molecule has 2 fully saturated rings. The number of hydrogen-bond donors (Lipinski definition) is 1. The number of carbonyl (C=O) groups excluding carboxylic acids is 2. The van der Waals surface area contributed by atoms with Crippen LogP contribution >= 0.6 is 0 Å². The highest BCUT2D eigenvalue weighted by Gasteiger charge is 2.45. The second kappa shape index (κ2) is 8.81. The van der Waals surface area contributed by atoms with Crippen LogP contribution in [0.2, 0.25) is 0 Å². The van der Waals surface area contributed by atoms with E-state index >= 15 is 0 Å². The minimum atomic E-state index is -0.436. The van der Waals surface area contributed by atoms with Gasteiger partial charge in [-0.05, 0) is 36.5 Å². The van der Waals surface area contributed by atoms with Crippen LogP contribution in [-0.4, -0.2) is 33.4 Å². The standard InChI is InChI=1S/C27H31N3O2/c1-29-18-23(21-14-8-9-15-24(21)29)22-16-25(26(31)28-20-12-6-3-7-13-20)30(27(22)32)17-19-10-4-2-5-11-19/h2,4-5,8-11,14-15,18,20,22,25H,3,6-7,12-13,16-17H2,1H3,(H,28,31)/t22-,25-/m1/s1. The SMILES string of the molecule is Cn1cc([C@H]2C[C@H](C(=O)NC3CCCCC3)N(Cc3ccccc3)C2=O)c2ccccc21. The maximum atomic E-state index is 13.7. The van der Waals surface area contributed by atoms with Crippen molar-refractivity contribution in [2.24, 2.45) is 7.05 Å². The Balaban J connectivity index is 1.45. The molecule has 5 nitrogen and oxygen atoms in total. The fraction of sp³-hybridized carbons (Fsp3) is 0.407. The number of likely N-dealkylation sites (tertiary alicyclic amines) is 1. The zero-order valence-electron chi connectivity index (χ0n) is 18.7. The van der Waals surface area contributed by atoms with Crippen LogP contribution in [0.3, 0.4) is 0 Å². The van der Waals surface area contributed by atoms with Crippen molar-refractivity contribution >= 4 is 22.7 Å². The molecule has 166 valence electrons. The number of carbonyl (C=O) groups is 2. The van der Waals surface area contributed by atoms with Crippen LogP contribution in [0, 0.1) is 0 Å². The van der Waals surface area contributed by atoms with Gasteiger partial charge in [0.25, 0.3) is 0 Å². The third-order valence-electron chi connectivity index (χ3n) is 7.17. The summed E-state index contributed by atoms with van der Waals surface area (Å²) in [5, 5.41) is 4.37. The number of nitrogens with one attached hydrogen (secondary N) is 1. The molecule has 5 heteroatoms. The second-order valence-corrected chi connectivity index (χ2v) is 9.31. The Kier molecular flexibility index (Phi) is 5.73. The Morgan fingerprint density at radius 2 is 1.72 bits per heavy atom. The molecule has 1 N–H and O–H groups in total. The van der Waals surface area contributed by atoms with Crippen molar-refractivity contribution in [3.63, 3.8) is 0 Å². The summed E-state index contributed by atoms with van der Waals surface area (Å²) in [5.41, 5.74) is 3.19. The first-order chi connectivity index (χ1) is 15.6. The van der Waals surface area contributed by atoms with Crippen LogP contribution < -0.4 is 5.32 Å². The number of rotatable bonds is 5. The molecule has 0 radical (unpaired) electrons. The Hall–Kier alpha value is -3.08. The number of aromatic nitrogens is 1. The maximum absolute atomic E-state index is 13.7. The van der Waals surface area contributed by atoms with Gasteiger partial charge in [-0.2, -0.15) is 0 Å². The molecule has 2 heterocycles. The number of benzene rings is 2. The van der Waals surface area contributed by atoms with Gasteiger partial charge in [-0.1, -0.05) is 67.8 Å². The van der Waals surface area contributed by atoms with Gasteiger partial charge in [0, 0.05) is 36.7 Å². The zero-order chi connectivity index (χ0) is 22.1. The maximum Gasteiger partial charge on any atom is 0.243 e. The average molecular weight is 430 g/mol. The molecule has 0 spiro atoms. The Morgan fingerprint density at radius 3 is 2.50 bits per heavy atom. The average Bonchev–Trinajstić information content (AvgIpc) is 3.32. The molecule has 0 unspecified atom stereocenters. The summed E-state index contributed by atoms with van der Waals surface area (Å²) in [5.74, 6) is -0.246. The van der Waals surface area contributed by atoms with E-state index in [2.05, 4.69) is 28.2 Å². The molecule has 0 bridgehead atoms. The lowest BCUT2D eigenvalue weighted by Gasteiger charge is -2.28. The fourth-order valence-electron chi connectivity index (χ4n) is 5.48. The van der Waals surface area contributed by atoms with Crippen molar-refractivity contribution in [1.29, 1.82) is 0 Å². The summed E-state index contributed by atoms with van der Waals surface area (Å²) < 4.78 is 2.08. The van der Waals surface area contributed by atoms with E-state index in [0.29, 0.717) is 13.0 Å². The molecule has 2 amide bonds. The molecule has 1 aromatic heterocycles. The highest BCUT2D eigenvalue weighted by molar-refractivity contribution is 5.98. The quantitative estimate of drug-likeness (QED) is 0.649. The summed E-state index contributed by atoms with van der Waals surface area (Å²) >= 11 is 0. The molecular formula is C27H31N3O2.